The van der Waals surface area contributed by atoms with Crippen LogP contribution >= 0.6 is 0 Å². The molecule has 2 N–H and O–H groups in total. The van der Waals surface area contributed by atoms with Crippen molar-refractivity contribution in [3.63, 3.8) is 0 Å². The van der Waals surface area contributed by atoms with Crippen LogP contribution in [0.2, 0.25) is 0 Å². The van der Waals surface area contributed by atoms with Gasteiger partial charge >= 0.3 is 5.97 Å². The van der Waals surface area contributed by atoms with E-state index in [1.165, 1.54) is 31.3 Å². The number of carbonyl (C=O) groups excluding carboxylic acids is 1. The van der Waals surface area contributed by atoms with Gasteiger partial charge in [-0.25, -0.2) is 4.79 Å². The number of benzene rings is 1. The molecule has 2 aromatic rings. The molecule has 0 aliphatic heterocycles. The van der Waals surface area contributed by atoms with Gasteiger partial charge in [-0.1, -0.05) is 11.2 Å². The first kappa shape index (κ1) is 15.1. The number of nitrogens with zero attached hydrogens (tertiary/aromatic N) is 3. The summed E-state index contributed by atoms with van der Waals surface area (Å²) in [5.41, 5.74) is 6.42. The van der Waals surface area contributed by atoms with Gasteiger partial charge in [-0.3, -0.25) is 15.1 Å². The van der Waals surface area contributed by atoms with Crippen LogP contribution in [0, 0.1) is 17.0 Å². The second-order valence-electron chi connectivity index (χ2n) is 4.33. The molecule has 1 heterocycles. The number of nitro benzene ring substituents is 1. The molecule has 0 saturated heterocycles. The number of nitro groups is 1. The minimum Gasteiger partial charge on any atom is -0.379 e. The molecule has 0 fully saturated rings. The Balaban J connectivity index is 2.13. The van der Waals surface area contributed by atoms with Gasteiger partial charge in [0.05, 0.1) is 10.5 Å². The fourth-order valence-corrected chi connectivity index (χ4v) is 1.69. The molecule has 0 saturated carbocycles. The first-order valence-electron chi connectivity index (χ1n) is 6.20. The summed E-state index contributed by atoms with van der Waals surface area (Å²) in [7, 11) is 0. The number of oxime groups is 1. The Morgan fingerprint density at radius 2 is 2.14 bits per heavy atom. The summed E-state index contributed by atoms with van der Waals surface area (Å²) in [5.74, 6) is -0.815. The number of amidine groups is 1. The van der Waals surface area contributed by atoms with Crippen LogP contribution in [-0.2, 0) is 4.84 Å². The maximum Gasteiger partial charge on any atom is 0.365 e. The first-order chi connectivity index (χ1) is 10.5. The second-order valence-corrected chi connectivity index (χ2v) is 4.33. The predicted molar refractivity (Wildman–Crippen MR) is 78.2 cm³/mol. The van der Waals surface area contributed by atoms with E-state index in [9.17, 15) is 14.9 Å². The Labute approximate surface area is 125 Å². The molecule has 1 aromatic carbocycles. The number of aromatic nitrogens is 1. The molecule has 0 unspecified atom stereocenters. The highest BCUT2D eigenvalue weighted by Crippen LogP contribution is 2.19. The van der Waals surface area contributed by atoms with Crippen molar-refractivity contribution in [2.45, 2.75) is 6.92 Å². The lowest BCUT2D eigenvalue weighted by Crippen LogP contribution is -2.16. The summed E-state index contributed by atoms with van der Waals surface area (Å²) in [5, 5.41) is 14.2. The Morgan fingerprint density at radius 3 is 2.73 bits per heavy atom. The van der Waals surface area contributed by atoms with Crippen molar-refractivity contribution in [3.8, 4) is 0 Å². The Bertz CT molecular complexity index is 744. The average Bonchev–Trinajstić information content (AvgIpc) is 2.52. The van der Waals surface area contributed by atoms with Crippen molar-refractivity contribution in [1.82, 2.24) is 4.98 Å². The lowest BCUT2D eigenvalue weighted by molar-refractivity contribution is -0.385. The fraction of sp³-hybridized carbons (Fsp3) is 0.0714. The van der Waals surface area contributed by atoms with Crippen molar-refractivity contribution in [1.29, 1.82) is 0 Å². The number of hydrogen-bond donors (Lipinski definition) is 1. The standard InChI is InChI=1S/C14H12N4O4/c1-9-8-10(5-6-12(9)18(20)21)14(19)22-17-13(15)11-4-2-3-7-16-11/h2-8H,1H3,(H2,15,17). The molecule has 1 aromatic heterocycles. The summed E-state index contributed by atoms with van der Waals surface area (Å²) in [6.45, 7) is 1.53. The molecular weight excluding hydrogens is 288 g/mol. The fourth-order valence-electron chi connectivity index (χ4n) is 1.69. The largest absolute Gasteiger partial charge is 0.379 e. The third-order valence-electron chi connectivity index (χ3n) is 2.78. The molecule has 0 bridgehead atoms. The summed E-state index contributed by atoms with van der Waals surface area (Å²) in [6.07, 6.45) is 1.53. The van der Waals surface area contributed by atoms with Gasteiger partial charge in [-0.2, -0.15) is 0 Å². The minimum atomic E-state index is -0.767. The van der Waals surface area contributed by atoms with Gasteiger partial charge in [-0.15, -0.1) is 0 Å². The summed E-state index contributed by atoms with van der Waals surface area (Å²) >= 11 is 0. The molecule has 22 heavy (non-hydrogen) atoms. The van der Waals surface area contributed by atoms with Crippen LogP contribution in [0.1, 0.15) is 21.6 Å². The molecule has 0 radical (unpaired) electrons. The molecule has 0 atom stereocenters. The zero-order valence-corrected chi connectivity index (χ0v) is 11.6. The molecule has 8 nitrogen and oxygen atoms in total. The zero-order chi connectivity index (χ0) is 16.1. The number of carbonyl (C=O) groups is 1. The monoisotopic (exact) mass is 300 g/mol. The normalized spacial score (nSPS) is 11.0. The SMILES string of the molecule is Cc1cc(C(=O)O/N=C(\N)c2ccccn2)ccc1[N+](=O)[O-]. The van der Waals surface area contributed by atoms with Gasteiger partial charge in [0.25, 0.3) is 5.69 Å². The van der Waals surface area contributed by atoms with Gasteiger partial charge in [-0.05, 0) is 31.2 Å². The maximum absolute atomic E-state index is 11.8. The van der Waals surface area contributed by atoms with E-state index in [1.54, 1.807) is 18.2 Å². The summed E-state index contributed by atoms with van der Waals surface area (Å²) in [6, 6.07) is 8.92. The highest BCUT2D eigenvalue weighted by atomic mass is 16.7. The lowest BCUT2D eigenvalue weighted by Gasteiger charge is -2.02. The van der Waals surface area contributed by atoms with Crippen LogP contribution in [-0.4, -0.2) is 21.7 Å². The van der Waals surface area contributed by atoms with Crippen molar-refractivity contribution in [2.75, 3.05) is 0 Å². The van der Waals surface area contributed by atoms with E-state index in [-0.39, 0.29) is 17.1 Å². The summed E-state index contributed by atoms with van der Waals surface area (Å²) < 4.78 is 0. The summed E-state index contributed by atoms with van der Waals surface area (Å²) in [4.78, 5) is 30.7. The quantitative estimate of drug-likeness (QED) is 0.302. The van der Waals surface area contributed by atoms with Crippen LogP contribution in [0.15, 0.2) is 47.8 Å². The Morgan fingerprint density at radius 1 is 1.36 bits per heavy atom. The molecule has 0 aliphatic rings. The average molecular weight is 300 g/mol. The van der Waals surface area contributed by atoms with E-state index in [4.69, 9.17) is 10.6 Å². The number of nitrogens with two attached hydrogens (primary N) is 1. The molecule has 8 heteroatoms. The van der Waals surface area contributed by atoms with Crippen molar-refractivity contribution in [2.24, 2.45) is 10.9 Å². The van der Waals surface area contributed by atoms with E-state index in [1.807, 2.05) is 0 Å². The van der Waals surface area contributed by atoms with Crippen molar-refractivity contribution in [3.05, 3.63) is 69.5 Å². The molecule has 0 amide bonds. The van der Waals surface area contributed by atoms with Crippen molar-refractivity contribution >= 4 is 17.5 Å². The van der Waals surface area contributed by atoms with Gasteiger partial charge in [0.15, 0.2) is 5.84 Å². The van der Waals surface area contributed by atoms with E-state index in [0.29, 0.717) is 11.3 Å². The highest BCUT2D eigenvalue weighted by Gasteiger charge is 2.15. The molecular formula is C14H12N4O4. The Kier molecular flexibility index (Phi) is 4.42. The number of aryl methyl sites for hydroxylation is 1. The maximum atomic E-state index is 11.8. The zero-order valence-electron chi connectivity index (χ0n) is 11.6. The predicted octanol–water partition coefficient (Wildman–Crippen LogP) is 1.78. The van der Waals surface area contributed by atoms with Crippen LogP contribution in [0.4, 0.5) is 5.69 Å². The Hall–Kier alpha value is -3.29. The number of hydrogen-bond acceptors (Lipinski definition) is 6. The minimum absolute atomic E-state index is 0.0485. The van der Waals surface area contributed by atoms with Crippen LogP contribution in [0.5, 0.6) is 0 Å². The van der Waals surface area contributed by atoms with E-state index in [2.05, 4.69) is 10.1 Å². The topological polar surface area (TPSA) is 121 Å². The van der Waals surface area contributed by atoms with Gasteiger partial charge in [0, 0.05) is 17.8 Å². The van der Waals surface area contributed by atoms with Gasteiger partial charge in [0.1, 0.15) is 5.69 Å². The van der Waals surface area contributed by atoms with Crippen LogP contribution in [0.3, 0.4) is 0 Å². The van der Waals surface area contributed by atoms with E-state index in [0.717, 1.165) is 0 Å². The lowest BCUT2D eigenvalue weighted by atomic mass is 10.1. The van der Waals surface area contributed by atoms with Crippen molar-refractivity contribution < 1.29 is 14.6 Å². The smallest absolute Gasteiger partial charge is 0.365 e. The number of pyridine rings is 1. The van der Waals surface area contributed by atoms with Crippen LogP contribution < -0.4 is 5.73 Å². The first-order valence-corrected chi connectivity index (χ1v) is 6.20. The van der Waals surface area contributed by atoms with Crippen LogP contribution in [0.25, 0.3) is 0 Å². The van der Waals surface area contributed by atoms with E-state index >= 15 is 0 Å². The number of rotatable bonds is 4. The third-order valence-corrected chi connectivity index (χ3v) is 2.78. The molecule has 2 rings (SSSR count). The van der Waals surface area contributed by atoms with E-state index < -0.39 is 10.9 Å². The molecule has 112 valence electrons. The highest BCUT2D eigenvalue weighted by molar-refractivity contribution is 5.96. The second kappa shape index (κ2) is 6.44. The molecule has 0 aliphatic carbocycles. The van der Waals surface area contributed by atoms with Gasteiger partial charge < -0.3 is 10.6 Å². The molecule has 0 spiro atoms. The van der Waals surface area contributed by atoms with Gasteiger partial charge in [0.2, 0.25) is 0 Å². The third kappa shape index (κ3) is 3.42.